The summed E-state index contributed by atoms with van der Waals surface area (Å²) in [5.41, 5.74) is 1.24. The first kappa shape index (κ1) is 16.1. The molecule has 3 aromatic rings. The van der Waals surface area contributed by atoms with Gasteiger partial charge in [0.05, 0.1) is 5.60 Å². The molecule has 0 radical (unpaired) electrons. The van der Waals surface area contributed by atoms with Crippen LogP contribution in [0.4, 0.5) is 0 Å². The first-order chi connectivity index (χ1) is 12.2. The topological polar surface area (TPSA) is 38.7 Å². The van der Waals surface area contributed by atoms with Crippen molar-refractivity contribution in [1.29, 1.82) is 0 Å². The minimum Gasteiger partial charge on any atom is -0.489 e. The molecule has 0 aliphatic carbocycles. The highest BCUT2D eigenvalue weighted by Crippen LogP contribution is 2.33. The minimum atomic E-state index is -0.805. The van der Waals surface area contributed by atoms with Crippen LogP contribution in [0.1, 0.15) is 24.0 Å². The van der Waals surface area contributed by atoms with Crippen molar-refractivity contribution in [3.05, 3.63) is 77.9 Å². The van der Waals surface area contributed by atoms with Crippen molar-refractivity contribution < 1.29 is 14.6 Å². The lowest BCUT2D eigenvalue weighted by Gasteiger charge is -2.32. The quantitative estimate of drug-likeness (QED) is 0.768. The molecule has 3 heteroatoms. The van der Waals surface area contributed by atoms with Crippen LogP contribution in [0.2, 0.25) is 0 Å². The van der Waals surface area contributed by atoms with Crippen LogP contribution in [0.3, 0.4) is 0 Å². The highest BCUT2D eigenvalue weighted by molar-refractivity contribution is 5.82. The van der Waals surface area contributed by atoms with Gasteiger partial charge in [-0.1, -0.05) is 48.5 Å². The predicted octanol–water partition coefficient (Wildman–Crippen LogP) is 4.42. The Morgan fingerprint density at radius 3 is 2.52 bits per heavy atom. The molecular weight excluding hydrogens is 312 g/mol. The van der Waals surface area contributed by atoms with Gasteiger partial charge in [-0.2, -0.15) is 0 Å². The van der Waals surface area contributed by atoms with Gasteiger partial charge in [0.25, 0.3) is 0 Å². The maximum absolute atomic E-state index is 10.8. The SMILES string of the molecule is OC1(c2cccc(OCc3ccc4ccccc4c3)c2)CCOCC1. The summed E-state index contributed by atoms with van der Waals surface area (Å²) in [5.74, 6) is 0.783. The molecule has 0 saturated carbocycles. The lowest BCUT2D eigenvalue weighted by molar-refractivity contribution is -0.0680. The van der Waals surface area contributed by atoms with E-state index in [2.05, 4.69) is 30.3 Å². The molecule has 25 heavy (non-hydrogen) atoms. The van der Waals surface area contributed by atoms with Gasteiger partial charge >= 0.3 is 0 Å². The number of fused-ring (bicyclic) bond motifs is 1. The smallest absolute Gasteiger partial charge is 0.120 e. The van der Waals surface area contributed by atoms with Crippen molar-refractivity contribution in [1.82, 2.24) is 0 Å². The van der Waals surface area contributed by atoms with Crippen LogP contribution in [-0.4, -0.2) is 18.3 Å². The summed E-state index contributed by atoms with van der Waals surface area (Å²) in [7, 11) is 0. The van der Waals surface area contributed by atoms with Gasteiger partial charge in [0.1, 0.15) is 12.4 Å². The molecule has 0 amide bonds. The van der Waals surface area contributed by atoms with E-state index in [1.807, 2.05) is 36.4 Å². The van der Waals surface area contributed by atoms with E-state index in [4.69, 9.17) is 9.47 Å². The summed E-state index contributed by atoms with van der Waals surface area (Å²) in [4.78, 5) is 0. The Morgan fingerprint density at radius 1 is 0.880 bits per heavy atom. The van der Waals surface area contributed by atoms with E-state index < -0.39 is 5.60 Å². The van der Waals surface area contributed by atoms with Crippen LogP contribution in [0.25, 0.3) is 10.8 Å². The number of ether oxygens (including phenoxy) is 2. The van der Waals surface area contributed by atoms with E-state index in [9.17, 15) is 5.11 Å². The Morgan fingerprint density at radius 2 is 1.68 bits per heavy atom. The molecule has 0 unspecified atom stereocenters. The fraction of sp³-hybridized carbons (Fsp3) is 0.273. The van der Waals surface area contributed by atoms with Crippen molar-refractivity contribution in [2.75, 3.05) is 13.2 Å². The summed E-state index contributed by atoms with van der Waals surface area (Å²) < 4.78 is 11.3. The van der Waals surface area contributed by atoms with Gasteiger partial charge in [-0.05, 0) is 40.1 Å². The summed E-state index contributed by atoms with van der Waals surface area (Å²) >= 11 is 0. The van der Waals surface area contributed by atoms with E-state index >= 15 is 0 Å². The Kier molecular flexibility index (Phi) is 4.43. The normalized spacial score (nSPS) is 16.7. The molecule has 1 saturated heterocycles. The van der Waals surface area contributed by atoms with Crippen LogP contribution < -0.4 is 4.74 Å². The van der Waals surface area contributed by atoms with E-state index in [-0.39, 0.29) is 0 Å². The fourth-order valence-electron chi connectivity index (χ4n) is 3.37. The zero-order valence-electron chi connectivity index (χ0n) is 14.2. The second-order valence-electron chi connectivity index (χ2n) is 6.64. The van der Waals surface area contributed by atoms with Crippen LogP contribution in [0.15, 0.2) is 66.7 Å². The molecule has 1 aliphatic heterocycles. The second-order valence-corrected chi connectivity index (χ2v) is 6.64. The number of aliphatic hydroxyl groups is 1. The Hall–Kier alpha value is -2.36. The van der Waals surface area contributed by atoms with Crippen LogP contribution in [-0.2, 0) is 16.9 Å². The van der Waals surface area contributed by atoms with Gasteiger partial charge in [0.2, 0.25) is 0 Å². The Balaban J connectivity index is 1.49. The largest absolute Gasteiger partial charge is 0.489 e. The molecule has 4 rings (SSSR count). The lowest BCUT2D eigenvalue weighted by atomic mass is 9.86. The first-order valence-electron chi connectivity index (χ1n) is 8.74. The summed E-state index contributed by atoms with van der Waals surface area (Å²) in [6.07, 6.45) is 1.25. The van der Waals surface area contributed by atoms with Gasteiger partial charge in [0, 0.05) is 26.1 Å². The number of hydrogen-bond acceptors (Lipinski definition) is 3. The zero-order valence-corrected chi connectivity index (χ0v) is 14.2. The van der Waals surface area contributed by atoms with Crippen LogP contribution in [0.5, 0.6) is 5.75 Å². The van der Waals surface area contributed by atoms with Gasteiger partial charge in [-0.15, -0.1) is 0 Å². The minimum absolute atomic E-state index is 0.510. The molecule has 3 nitrogen and oxygen atoms in total. The number of hydrogen-bond donors (Lipinski definition) is 1. The van der Waals surface area contributed by atoms with E-state index in [1.165, 1.54) is 10.8 Å². The first-order valence-corrected chi connectivity index (χ1v) is 8.74. The molecular formula is C22H22O3. The highest BCUT2D eigenvalue weighted by atomic mass is 16.5. The van der Waals surface area contributed by atoms with Crippen molar-refractivity contribution in [3.63, 3.8) is 0 Å². The average Bonchev–Trinajstić information content (AvgIpc) is 2.67. The summed E-state index contributed by atoms with van der Waals surface area (Å²) in [5, 5.41) is 13.3. The maximum Gasteiger partial charge on any atom is 0.120 e. The van der Waals surface area contributed by atoms with Crippen molar-refractivity contribution in [3.8, 4) is 5.75 Å². The molecule has 1 fully saturated rings. The summed E-state index contributed by atoms with van der Waals surface area (Å²) in [6, 6.07) is 22.5. The average molecular weight is 334 g/mol. The molecule has 128 valence electrons. The van der Waals surface area contributed by atoms with Gasteiger partial charge in [-0.3, -0.25) is 0 Å². The molecule has 1 N–H and O–H groups in total. The van der Waals surface area contributed by atoms with Gasteiger partial charge < -0.3 is 14.6 Å². The van der Waals surface area contributed by atoms with E-state index in [0.717, 1.165) is 16.9 Å². The molecule has 1 aliphatic rings. The molecule has 0 aromatic heterocycles. The van der Waals surface area contributed by atoms with Crippen molar-refractivity contribution >= 4 is 10.8 Å². The monoisotopic (exact) mass is 334 g/mol. The summed E-state index contributed by atoms with van der Waals surface area (Å²) in [6.45, 7) is 1.70. The fourth-order valence-corrected chi connectivity index (χ4v) is 3.37. The van der Waals surface area contributed by atoms with Crippen molar-refractivity contribution in [2.45, 2.75) is 25.0 Å². The molecule has 1 heterocycles. The third-order valence-electron chi connectivity index (χ3n) is 4.91. The van der Waals surface area contributed by atoms with Gasteiger partial charge in [0.15, 0.2) is 0 Å². The molecule has 0 bridgehead atoms. The lowest BCUT2D eigenvalue weighted by Crippen LogP contribution is -2.33. The third kappa shape index (κ3) is 3.53. The predicted molar refractivity (Wildman–Crippen MR) is 98.7 cm³/mol. The third-order valence-corrected chi connectivity index (χ3v) is 4.91. The van der Waals surface area contributed by atoms with Crippen LogP contribution >= 0.6 is 0 Å². The Bertz CT molecular complexity index is 866. The maximum atomic E-state index is 10.8. The molecule has 3 aromatic carbocycles. The highest BCUT2D eigenvalue weighted by Gasteiger charge is 2.31. The standard InChI is InChI=1S/C22H22O3/c23-22(10-12-24-13-11-22)20-6-3-7-21(15-20)25-16-17-8-9-18-4-1-2-5-19(18)14-17/h1-9,14-15,23H,10-13,16H2. The molecule has 0 atom stereocenters. The van der Waals surface area contributed by atoms with Crippen molar-refractivity contribution in [2.24, 2.45) is 0 Å². The van der Waals surface area contributed by atoms with E-state index in [1.54, 1.807) is 0 Å². The molecule has 0 spiro atoms. The zero-order chi connectivity index (χ0) is 17.1. The number of rotatable bonds is 4. The van der Waals surface area contributed by atoms with Crippen LogP contribution in [0, 0.1) is 0 Å². The Labute approximate surface area is 147 Å². The van der Waals surface area contributed by atoms with E-state index in [0.29, 0.717) is 32.7 Å². The second kappa shape index (κ2) is 6.87. The number of benzene rings is 3. The van der Waals surface area contributed by atoms with Gasteiger partial charge in [-0.25, -0.2) is 0 Å².